The summed E-state index contributed by atoms with van der Waals surface area (Å²) < 4.78 is 66.9. The number of carbonyl (C=O) groups is 1. The Bertz CT molecular complexity index is 5590. The quantitative estimate of drug-likeness (QED) is 0.108. The van der Waals surface area contributed by atoms with Crippen LogP contribution in [0.1, 0.15) is 171 Å². The van der Waals surface area contributed by atoms with Crippen molar-refractivity contribution in [2.24, 2.45) is 14.1 Å². The molecule has 0 atom stereocenters. The lowest BCUT2D eigenvalue weighted by molar-refractivity contribution is -0.120. The molecule has 7 aromatic carbocycles. The van der Waals surface area contributed by atoms with Crippen molar-refractivity contribution in [1.82, 2.24) is 49.2 Å². The highest BCUT2D eigenvalue weighted by Gasteiger charge is 2.49. The number of aromatic nitrogens is 7. The van der Waals surface area contributed by atoms with E-state index in [0.29, 0.717) is 28.5 Å². The van der Waals surface area contributed by atoms with Gasteiger partial charge >= 0.3 is 15.6 Å². The zero-order valence-electron chi connectivity index (χ0n) is 77.4. The number of aryl methyl sites for hydroxylation is 2. The van der Waals surface area contributed by atoms with Gasteiger partial charge < -0.3 is 43.3 Å². The van der Waals surface area contributed by atoms with Crippen LogP contribution in [0.3, 0.4) is 0 Å². The van der Waals surface area contributed by atoms with E-state index in [2.05, 4.69) is 223 Å². The molecule has 126 heavy (non-hydrogen) atoms. The molecular formula is C103H137ClF3N13O5S. The summed E-state index contributed by atoms with van der Waals surface area (Å²) in [6.45, 7) is 41.2. The molecule has 5 aliphatic rings. The van der Waals surface area contributed by atoms with E-state index in [1.165, 1.54) is 98.5 Å². The maximum Gasteiger partial charge on any atom is 0.534 e. The minimum absolute atomic E-state index is 0. The van der Waals surface area contributed by atoms with Gasteiger partial charge in [-0.2, -0.15) is 21.6 Å². The number of fused-ring (bicyclic) bond motifs is 7. The number of ketones is 1. The van der Waals surface area contributed by atoms with E-state index in [-0.39, 0.29) is 23.7 Å². The number of hydrogen-bond acceptors (Lipinski definition) is 16. The number of likely N-dealkylation sites (N-methyl/N-ethyl adjacent to an activating group) is 1. The summed E-state index contributed by atoms with van der Waals surface area (Å²) in [5.74, 6) is 1.49. The van der Waals surface area contributed by atoms with Crippen LogP contribution in [0.25, 0.3) is 76.3 Å². The Kier molecular flexibility index (Phi) is 44.8. The molecule has 2 saturated carbocycles. The van der Waals surface area contributed by atoms with Gasteiger partial charge in [0, 0.05) is 204 Å². The molecule has 0 radical (unpaired) electrons. The number of rotatable bonds is 8. The molecule has 18 nitrogen and oxygen atoms in total. The molecule has 0 bridgehead atoms. The number of phenolic OH excluding ortho intramolecular Hbond substituents is 1. The average molecular weight is 1760 g/mol. The first kappa shape index (κ1) is 104. The Morgan fingerprint density at radius 1 is 0.389 bits per heavy atom. The lowest BCUT2D eigenvalue weighted by Gasteiger charge is -2.42. The standard InChI is InChI=1S/C28H32N4.C15H17NO.C14H17N3.C13H15N3.C10H6F3NO3S.C9H7NO.7C2H6.ClH/c1-30-20-25(24-8-2-3-9-26(24)30)21-11-13-23(14-12-21)31-16-18-32(19-17-31)27-10-4-6-22-7-5-15-29-28(22)27;1-16-10-14(11-6-8-12(17)9-7-11)13-4-2-3-5-15(13)16;1-16-8-10-17(11-9-16)13-6-2-4-12-5-3-7-15-14(12)13;1-3-11-4-2-6-15-13(11)12(5-1)16-9-7-14-8-10-16;11-10(12,13)18(15,16)17-8-5-1-3-7-4-2-6-14-9(7)8;11-8-5-1-3-7-4-2-6-10-9(7)8;7*1-2;/h2-10,15,20-21,23H,11-14,16-19H2,1H3;2-5,10-11H,6-9H2,1H3;2-7H,8-11H2,1H3;1-6,14H,7-10H2;1-6H;1-6,11H;7*1-2H3;1H. The second-order valence-corrected chi connectivity index (χ2v) is 30.6. The van der Waals surface area contributed by atoms with E-state index in [1.807, 2.05) is 152 Å². The molecule has 2 N–H and O–H groups in total. The molecule has 23 heteroatoms. The van der Waals surface area contributed by atoms with E-state index < -0.39 is 21.4 Å². The minimum atomic E-state index is -5.68. The summed E-state index contributed by atoms with van der Waals surface area (Å²) >= 11 is 0. The maximum atomic E-state index is 12.2. The summed E-state index contributed by atoms with van der Waals surface area (Å²) in [6.07, 6.45) is 22.1. The third-order valence-corrected chi connectivity index (χ3v) is 22.9. The van der Waals surface area contributed by atoms with Crippen LogP contribution in [-0.2, 0) is 29.0 Å². The highest BCUT2D eigenvalue weighted by Crippen LogP contribution is 2.41. The lowest BCUT2D eigenvalue weighted by atomic mass is 9.81. The molecule has 3 aliphatic heterocycles. The number of hydrogen-bond donors (Lipinski definition) is 2. The Morgan fingerprint density at radius 3 is 1.13 bits per heavy atom. The topological polar surface area (TPSA) is 183 Å². The molecular weight excluding hydrogens is 1620 g/mol. The van der Waals surface area contributed by atoms with Crippen LogP contribution in [0, 0.1) is 0 Å². The fourth-order valence-corrected chi connectivity index (χ4v) is 16.6. The zero-order chi connectivity index (χ0) is 90.9. The second-order valence-electron chi connectivity index (χ2n) is 29.0. The fraction of sp³-hybridized carbons (Fsp3) is 0.398. The Morgan fingerprint density at radius 2 is 0.722 bits per heavy atom. The van der Waals surface area contributed by atoms with Crippen molar-refractivity contribution in [1.29, 1.82) is 0 Å². The van der Waals surface area contributed by atoms with Gasteiger partial charge in [0.2, 0.25) is 0 Å². The Balaban J connectivity index is 0.000000233. The highest BCUT2D eigenvalue weighted by atomic mass is 35.5. The molecule has 2 aliphatic carbocycles. The van der Waals surface area contributed by atoms with Gasteiger partial charge in [-0.25, -0.2) is 0 Å². The van der Waals surface area contributed by atoms with Gasteiger partial charge in [0.05, 0.1) is 33.6 Å². The van der Waals surface area contributed by atoms with Crippen molar-refractivity contribution in [3.8, 4) is 11.5 Å². The highest BCUT2D eigenvalue weighted by molar-refractivity contribution is 7.88. The van der Waals surface area contributed by atoms with Gasteiger partial charge in [-0.05, 0) is 141 Å². The van der Waals surface area contributed by atoms with Crippen molar-refractivity contribution < 1.29 is 35.7 Å². The Hall–Kier alpha value is -10.8. The number of para-hydroxylation sites is 7. The number of phenols is 1. The first-order chi connectivity index (χ1) is 61.0. The smallest absolute Gasteiger partial charge is 0.506 e. The Labute approximate surface area is 754 Å². The monoisotopic (exact) mass is 1760 g/mol. The predicted octanol–water partition coefficient (Wildman–Crippen LogP) is 24.6. The van der Waals surface area contributed by atoms with Crippen LogP contribution >= 0.6 is 12.4 Å². The molecule has 3 saturated heterocycles. The van der Waals surface area contributed by atoms with Gasteiger partial charge in [-0.3, -0.25) is 34.6 Å². The lowest BCUT2D eigenvalue weighted by Crippen LogP contribution is -2.51. The summed E-state index contributed by atoms with van der Waals surface area (Å²) in [5, 5.41) is 20.6. The van der Waals surface area contributed by atoms with Crippen molar-refractivity contribution in [3.63, 3.8) is 0 Å². The molecule has 7 aromatic heterocycles. The third kappa shape index (κ3) is 27.9. The number of anilines is 3. The number of nitrogens with zero attached hydrogens (tertiary/aromatic N) is 12. The molecule has 5 fully saturated rings. The first-order valence-electron chi connectivity index (χ1n) is 45.4. The van der Waals surface area contributed by atoms with Crippen LogP contribution < -0.4 is 24.2 Å². The van der Waals surface area contributed by atoms with Crippen LogP contribution in [0.5, 0.6) is 11.5 Å². The number of piperazine rings is 3. The molecule has 10 heterocycles. The number of alkyl halides is 3. The number of carbonyl (C=O) groups excluding carboxylic acids is 1. The summed E-state index contributed by atoms with van der Waals surface area (Å²) in [6, 6.07) is 66.3. The predicted molar refractivity (Wildman–Crippen MR) is 528 cm³/mol. The minimum Gasteiger partial charge on any atom is -0.506 e. The van der Waals surface area contributed by atoms with Gasteiger partial charge in [-0.1, -0.05) is 224 Å². The zero-order valence-corrected chi connectivity index (χ0v) is 79.0. The van der Waals surface area contributed by atoms with E-state index in [4.69, 9.17) is 0 Å². The van der Waals surface area contributed by atoms with Crippen molar-refractivity contribution in [3.05, 3.63) is 255 Å². The summed E-state index contributed by atoms with van der Waals surface area (Å²) in [4.78, 5) is 45.3. The maximum absolute atomic E-state index is 12.2. The van der Waals surface area contributed by atoms with Crippen LogP contribution in [0.15, 0.2) is 244 Å². The van der Waals surface area contributed by atoms with Crippen LogP contribution in [-0.4, -0.2) is 160 Å². The number of nitrogens with one attached hydrogen (secondary N) is 1. The van der Waals surface area contributed by atoms with E-state index >= 15 is 0 Å². The number of aromatic hydroxyl groups is 1. The first-order valence-corrected chi connectivity index (χ1v) is 46.8. The van der Waals surface area contributed by atoms with Crippen molar-refractivity contribution >= 4 is 122 Å². The number of pyridine rings is 5. The largest absolute Gasteiger partial charge is 0.534 e. The van der Waals surface area contributed by atoms with E-state index in [1.54, 1.807) is 42.1 Å². The summed E-state index contributed by atoms with van der Waals surface area (Å²) in [5.41, 5.74) is 8.10. The molecule has 0 spiro atoms. The molecule has 0 unspecified atom stereocenters. The fourth-order valence-electron chi connectivity index (χ4n) is 16.1. The second kappa shape index (κ2) is 54.3. The SMILES string of the molecule is CC.CC.CC.CC.CC.CC.CC.CN1CCN(c2cccc3cccnc23)CC1.Cl.Cn1cc(C2CCC(=O)CC2)c2ccccc21.Cn1cc(C2CCC(N3CCN(c4cccc5cccnc45)CC3)CC2)c2ccccc21.O=S(=O)(Oc1cccc2cccnc12)C(F)(F)F.Oc1cccc2cccnc12.c1cnc2c(N3CCNCC3)cccc2c1. The molecule has 19 rings (SSSR count). The number of benzene rings is 7. The van der Waals surface area contributed by atoms with Gasteiger partial charge in [-0.15, -0.1) is 12.4 Å². The summed E-state index contributed by atoms with van der Waals surface area (Å²) in [7, 11) is 0.777. The van der Waals surface area contributed by atoms with Crippen LogP contribution in [0.2, 0.25) is 0 Å². The van der Waals surface area contributed by atoms with E-state index in [0.717, 1.165) is 138 Å². The molecule has 0 amide bonds. The van der Waals surface area contributed by atoms with Gasteiger partial charge in [0.1, 0.15) is 22.6 Å². The normalized spacial score (nSPS) is 15.7. The molecule has 678 valence electrons. The van der Waals surface area contributed by atoms with E-state index in [9.17, 15) is 31.5 Å². The van der Waals surface area contributed by atoms with Crippen molar-refractivity contribution in [2.45, 2.75) is 172 Å². The van der Waals surface area contributed by atoms with Crippen molar-refractivity contribution in [2.75, 3.05) is 100 Å². The molecule has 14 aromatic rings. The number of Topliss-reactive ketones (excluding diaryl/α,β-unsaturated/α-hetero) is 1. The average Bonchev–Trinajstić information content (AvgIpc) is 1.65. The van der Waals surface area contributed by atoms with Crippen LogP contribution in [0.4, 0.5) is 30.2 Å². The third-order valence-electron chi connectivity index (χ3n) is 22.0. The number of halogens is 4. The van der Waals surface area contributed by atoms with Gasteiger partial charge in [0.15, 0.2) is 5.75 Å². The van der Waals surface area contributed by atoms with Gasteiger partial charge in [0.25, 0.3) is 0 Å².